The van der Waals surface area contributed by atoms with Crippen LogP contribution in [0.5, 0.6) is 5.75 Å². The van der Waals surface area contributed by atoms with Gasteiger partial charge in [0, 0.05) is 22.0 Å². The van der Waals surface area contributed by atoms with Gasteiger partial charge in [-0.3, -0.25) is 4.79 Å². The van der Waals surface area contributed by atoms with Crippen LogP contribution < -0.4 is 10.2 Å². The number of nitrogens with zero attached hydrogens (tertiary/aromatic N) is 2. The second-order valence-corrected chi connectivity index (χ2v) is 6.99. The fourth-order valence-electron chi connectivity index (χ4n) is 2.81. The third-order valence-electron chi connectivity index (χ3n) is 4.14. The van der Waals surface area contributed by atoms with Gasteiger partial charge < -0.3 is 9.30 Å². The smallest absolute Gasteiger partial charge is 0.277 e. The number of carbonyl (C=O) groups is 1. The van der Waals surface area contributed by atoms with E-state index in [9.17, 15) is 4.79 Å². The van der Waals surface area contributed by atoms with E-state index in [1.807, 2.05) is 44.2 Å². The van der Waals surface area contributed by atoms with Crippen molar-refractivity contribution in [2.45, 2.75) is 13.8 Å². The van der Waals surface area contributed by atoms with Crippen LogP contribution >= 0.6 is 23.2 Å². The third-order valence-corrected chi connectivity index (χ3v) is 4.71. The molecule has 0 radical (unpaired) electrons. The molecule has 144 valence electrons. The summed E-state index contributed by atoms with van der Waals surface area (Å²) in [5.74, 6) is 0.206. The first-order chi connectivity index (χ1) is 13.5. The minimum absolute atomic E-state index is 0.141. The van der Waals surface area contributed by atoms with Crippen LogP contribution in [0.25, 0.3) is 5.69 Å². The lowest BCUT2D eigenvalue weighted by atomic mass is 10.2. The van der Waals surface area contributed by atoms with Gasteiger partial charge in [0.2, 0.25) is 0 Å². The highest BCUT2D eigenvalue weighted by Gasteiger charge is 2.11. The fourth-order valence-corrected chi connectivity index (χ4v) is 3.15. The predicted molar refractivity (Wildman–Crippen MR) is 113 cm³/mol. The number of nitrogens with one attached hydrogen (secondary N) is 1. The lowest BCUT2D eigenvalue weighted by Gasteiger charge is -2.11. The standard InChI is InChI=1S/C21H19Cl2N3O2/c1-14-11-16(15(2)26(14)20-6-4-3-5-19(20)23)12-24-25-21(27)13-28-18-9-7-17(22)8-10-18/h3-12H,13H2,1-2H3,(H,25,27)/b24-12-. The fraction of sp³-hybridized carbons (Fsp3) is 0.143. The van der Waals surface area contributed by atoms with E-state index in [0.29, 0.717) is 15.8 Å². The van der Waals surface area contributed by atoms with Crippen molar-refractivity contribution < 1.29 is 9.53 Å². The molecule has 7 heteroatoms. The van der Waals surface area contributed by atoms with Crippen LogP contribution in [0.1, 0.15) is 17.0 Å². The van der Waals surface area contributed by atoms with Gasteiger partial charge in [0.25, 0.3) is 5.91 Å². The summed E-state index contributed by atoms with van der Waals surface area (Å²) >= 11 is 12.1. The Balaban J connectivity index is 1.63. The van der Waals surface area contributed by atoms with Gasteiger partial charge in [0.15, 0.2) is 6.61 Å². The molecule has 5 nitrogen and oxygen atoms in total. The number of carbonyl (C=O) groups excluding carboxylic acids is 1. The number of aromatic nitrogens is 1. The van der Waals surface area contributed by atoms with Gasteiger partial charge in [-0.1, -0.05) is 35.3 Å². The molecule has 1 aromatic heterocycles. The number of hydrogen-bond donors (Lipinski definition) is 1. The van der Waals surface area contributed by atoms with Crippen LogP contribution in [-0.2, 0) is 4.79 Å². The number of benzene rings is 2. The van der Waals surface area contributed by atoms with Gasteiger partial charge in [0.05, 0.1) is 16.9 Å². The lowest BCUT2D eigenvalue weighted by Crippen LogP contribution is -2.24. The van der Waals surface area contributed by atoms with Crippen molar-refractivity contribution >= 4 is 35.3 Å². The molecule has 0 atom stereocenters. The molecule has 1 heterocycles. The summed E-state index contributed by atoms with van der Waals surface area (Å²) in [7, 11) is 0. The highest BCUT2D eigenvalue weighted by molar-refractivity contribution is 6.32. The normalized spacial score (nSPS) is 11.0. The Hall–Kier alpha value is -2.76. The zero-order chi connectivity index (χ0) is 20.1. The maximum Gasteiger partial charge on any atom is 0.277 e. The van der Waals surface area contributed by atoms with Crippen molar-refractivity contribution in [1.82, 2.24) is 9.99 Å². The minimum atomic E-state index is -0.355. The zero-order valence-electron chi connectivity index (χ0n) is 15.4. The summed E-state index contributed by atoms with van der Waals surface area (Å²) in [5, 5.41) is 5.30. The van der Waals surface area contributed by atoms with Crippen LogP contribution in [0.15, 0.2) is 59.7 Å². The summed E-state index contributed by atoms with van der Waals surface area (Å²) < 4.78 is 7.43. The maximum absolute atomic E-state index is 11.9. The topological polar surface area (TPSA) is 55.6 Å². The van der Waals surface area contributed by atoms with Crippen LogP contribution in [0.4, 0.5) is 0 Å². The first-order valence-corrected chi connectivity index (χ1v) is 9.35. The van der Waals surface area contributed by atoms with Crippen molar-refractivity contribution in [3.05, 3.63) is 81.6 Å². The van der Waals surface area contributed by atoms with Crippen molar-refractivity contribution in [3.8, 4) is 11.4 Å². The Morgan fingerprint density at radius 3 is 2.57 bits per heavy atom. The summed E-state index contributed by atoms with van der Waals surface area (Å²) in [5.41, 5.74) is 6.24. The van der Waals surface area contributed by atoms with Crippen LogP contribution in [-0.4, -0.2) is 23.3 Å². The van der Waals surface area contributed by atoms with Crippen molar-refractivity contribution in [2.75, 3.05) is 6.61 Å². The molecule has 0 aliphatic rings. The molecule has 0 aliphatic carbocycles. The van der Waals surface area contributed by atoms with Gasteiger partial charge in [-0.05, 0) is 56.3 Å². The van der Waals surface area contributed by atoms with Gasteiger partial charge in [-0.15, -0.1) is 0 Å². The second kappa shape index (κ2) is 8.95. The van der Waals surface area contributed by atoms with E-state index in [-0.39, 0.29) is 12.5 Å². The molecule has 0 aliphatic heterocycles. The molecule has 0 saturated heterocycles. The molecule has 3 aromatic rings. The number of para-hydroxylation sites is 1. The monoisotopic (exact) mass is 415 g/mol. The number of aryl methyl sites for hydroxylation is 1. The number of hydrazone groups is 1. The highest BCUT2D eigenvalue weighted by atomic mass is 35.5. The summed E-state index contributed by atoms with van der Waals surface area (Å²) in [6, 6.07) is 16.4. The van der Waals surface area contributed by atoms with E-state index in [2.05, 4.69) is 15.1 Å². The van der Waals surface area contributed by atoms with Gasteiger partial charge in [-0.25, -0.2) is 5.43 Å². The van der Waals surface area contributed by atoms with Gasteiger partial charge in [0.1, 0.15) is 5.75 Å². The highest BCUT2D eigenvalue weighted by Crippen LogP contribution is 2.25. The molecule has 2 aromatic carbocycles. The Labute approximate surface area is 173 Å². The Morgan fingerprint density at radius 1 is 1.14 bits per heavy atom. The number of amides is 1. The molecule has 0 unspecified atom stereocenters. The van der Waals surface area contributed by atoms with E-state index in [0.717, 1.165) is 22.6 Å². The molecular weight excluding hydrogens is 397 g/mol. The molecular formula is C21H19Cl2N3O2. The van der Waals surface area contributed by atoms with E-state index in [1.165, 1.54) is 0 Å². The van der Waals surface area contributed by atoms with Gasteiger partial charge >= 0.3 is 0 Å². The Kier molecular flexibility index (Phi) is 6.39. The summed E-state index contributed by atoms with van der Waals surface area (Å²) in [6.45, 7) is 3.83. The lowest BCUT2D eigenvalue weighted by molar-refractivity contribution is -0.123. The zero-order valence-corrected chi connectivity index (χ0v) is 17.0. The summed E-state index contributed by atoms with van der Waals surface area (Å²) in [4.78, 5) is 11.9. The summed E-state index contributed by atoms with van der Waals surface area (Å²) in [6.07, 6.45) is 1.61. The minimum Gasteiger partial charge on any atom is -0.484 e. The average Bonchev–Trinajstić information content (AvgIpc) is 2.95. The maximum atomic E-state index is 11.9. The molecule has 3 rings (SSSR count). The molecule has 1 amide bonds. The van der Waals surface area contributed by atoms with E-state index in [1.54, 1.807) is 30.5 Å². The quantitative estimate of drug-likeness (QED) is 0.458. The van der Waals surface area contributed by atoms with Crippen LogP contribution in [0.3, 0.4) is 0 Å². The first-order valence-electron chi connectivity index (χ1n) is 8.60. The SMILES string of the molecule is Cc1cc(/C=N\NC(=O)COc2ccc(Cl)cc2)c(C)n1-c1ccccc1Cl. The number of hydrogen-bond acceptors (Lipinski definition) is 3. The van der Waals surface area contributed by atoms with Crippen molar-refractivity contribution in [1.29, 1.82) is 0 Å². The predicted octanol–water partition coefficient (Wildman–Crippen LogP) is 4.93. The molecule has 0 fully saturated rings. The van der Waals surface area contributed by atoms with Crippen molar-refractivity contribution in [3.63, 3.8) is 0 Å². The number of halogens is 2. The number of rotatable bonds is 6. The molecule has 1 N–H and O–H groups in total. The van der Waals surface area contributed by atoms with E-state index in [4.69, 9.17) is 27.9 Å². The molecule has 0 spiro atoms. The Bertz CT molecular complexity index is 1010. The second-order valence-electron chi connectivity index (χ2n) is 6.15. The van der Waals surface area contributed by atoms with Gasteiger partial charge in [-0.2, -0.15) is 5.10 Å². The van der Waals surface area contributed by atoms with Crippen molar-refractivity contribution in [2.24, 2.45) is 5.10 Å². The first kappa shape index (κ1) is 20.0. The largest absolute Gasteiger partial charge is 0.484 e. The Morgan fingerprint density at radius 2 is 1.86 bits per heavy atom. The number of ether oxygens (including phenoxy) is 1. The van der Waals surface area contributed by atoms with Crippen LogP contribution in [0, 0.1) is 13.8 Å². The molecule has 0 bridgehead atoms. The third kappa shape index (κ3) is 4.74. The van der Waals surface area contributed by atoms with Crippen LogP contribution in [0.2, 0.25) is 10.0 Å². The average molecular weight is 416 g/mol. The molecule has 0 saturated carbocycles. The van der Waals surface area contributed by atoms with E-state index >= 15 is 0 Å². The van der Waals surface area contributed by atoms with E-state index < -0.39 is 0 Å². The molecule has 28 heavy (non-hydrogen) atoms.